The molecular weight excluding hydrogens is 270 g/mol. The van der Waals surface area contributed by atoms with Gasteiger partial charge in [0.1, 0.15) is 4.08 Å². The summed E-state index contributed by atoms with van der Waals surface area (Å²) in [7, 11) is 0. The smallest absolute Gasteiger partial charge is 0.119 e. The normalized spacial score (nSPS) is 32.6. The minimum Gasteiger partial charge on any atom is -0.368 e. The Kier molecular flexibility index (Phi) is 4.04. The van der Waals surface area contributed by atoms with E-state index in [2.05, 4.69) is 47.9 Å². The molecule has 3 aliphatic heterocycles. The maximum absolute atomic E-state index is 2.60. The van der Waals surface area contributed by atoms with Crippen LogP contribution in [-0.2, 0) is 0 Å². The van der Waals surface area contributed by atoms with Crippen molar-refractivity contribution in [2.75, 3.05) is 6.54 Å². The summed E-state index contributed by atoms with van der Waals surface area (Å²) in [4.78, 5) is 2.60. The molecule has 0 fully saturated rings. The maximum atomic E-state index is 2.60. The highest BCUT2D eigenvalue weighted by molar-refractivity contribution is 8.21. The van der Waals surface area contributed by atoms with Gasteiger partial charge in [0.05, 0.1) is 6.04 Å². The van der Waals surface area contributed by atoms with E-state index in [0.717, 1.165) is 5.92 Å². The third-order valence-corrected chi connectivity index (χ3v) is 7.26. The highest BCUT2D eigenvalue weighted by atomic mass is 32.2. The highest BCUT2D eigenvalue weighted by Crippen LogP contribution is 2.59. The van der Waals surface area contributed by atoms with Crippen molar-refractivity contribution in [3.63, 3.8) is 0 Å². The summed E-state index contributed by atoms with van der Waals surface area (Å²) < 4.78 is 0.267. The van der Waals surface area contributed by atoms with Crippen molar-refractivity contribution in [2.24, 2.45) is 5.92 Å². The van der Waals surface area contributed by atoms with Crippen molar-refractivity contribution in [3.05, 3.63) is 34.7 Å². The lowest BCUT2D eigenvalue weighted by molar-refractivity contribution is 0.267. The van der Waals surface area contributed by atoms with Crippen LogP contribution in [0.15, 0.2) is 34.7 Å². The third kappa shape index (κ3) is 2.29. The van der Waals surface area contributed by atoms with Gasteiger partial charge in [-0.25, -0.2) is 0 Å². The summed E-state index contributed by atoms with van der Waals surface area (Å²) in [6.45, 7) is 5.86. The van der Waals surface area contributed by atoms with E-state index in [1.165, 1.54) is 37.8 Å². The first-order chi connectivity index (χ1) is 9.30. The summed E-state index contributed by atoms with van der Waals surface area (Å²) in [6.07, 6.45) is 12.5. The summed E-state index contributed by atoms with van der Waals surface area (Å²) in [5, 5.41) is 4.57. The van der Waals surface area contributed by atoms with E-state index in [1.54, 1.807) is 0 Å². The van der Waals surface area contributed by atoms with Crippen molar-refractivity contribution in [3.8, 4) is 0 Å². The number of thioether (sulfide) groups is 2. The van der Waals surface area contributed by atoms with E-state index in [4.69, 9.17) is 0 Å². The minimum absolute atomic E-state index is 0.267. The van der Waals surface area contributed by atoms with Gasteiger partial charge in [0.2, 0.25) is 0 Å². The Morgan fingerprint density at radius 3 is 2.95 bits per heavy atom. The number of hydrogen-bond donors (Lipinski definition) is 0. The average Bonchev–Trinajstić information content (AvgIpc) is 3.06. The molecule has 0 N–H and O–H groups in total. The van der Waals surface area contributed by atoms with Crippen molar-refractivity contribution in [2.45, 2.75) is 49.7 Å². The standard InChI is InChI=1S/C16H23NS2/c1-3-5-6-13(4-2)11-17-12-14-7-9-18-16(14)15(17)8-10-19-16/h7-10,12-13,15H,3-6,11H2,1-2H3. The van der Waals surface area contributed by atoms with Crippen molar-refractivity contribution in [1.82, 2.24) is 4.90 Å². The molecule has 0 aliphatic carbocycles. The molecule has 3 heteroatoms. The number of unbranched alkanes of at least 4 members (excludes halogenated alkanes) is 1. The molecule has 1 nitrogen and oxygen atoms in total. The van der Waals surface area contributed by atoms with Crippen LogP contribution in [0.3, 0.4) is 0 Å². The molecule has 3 aliphatic rings. The molecule has 1 spiro atoms. The van der Waals surface area contributed by atoms with Crippen LogP contribution in [0, 0.1) is 5.92 Å². The molecule has 0 aromatic rings. The summed E-state index contributed by atoms with van der Waals surface area (Å²) in [5.41, 5.74) is 1.52. The predicted octanol–water partition coefficient (Wildman–Crippen LogP) is 4.99. The van der Waals surface area contributed by atoms with E-state index in [0.29, 0.717) is 6.04 Å². The van der Waals surface area contributed by atoms with Crippen molar-refractivity contribution in [1.29, 1.82) is 0 Å². The third-order valence-electron chi connectivity index (χ3n) is 4.46. The first-order valence-corrected chi connectivity index (χ1v) is 9.23. The maximum Gasteiger partial charge on any atom is 0.119 e. The lowest BCUT2D eigenvalue weighted by atomic mass is 9.98. The first-order valence-electron chi connectivity index (χ1n) is 7.47. The fourth-order valence-corrected chi connectivity index (χ4v) is 5.86. The molecule has 3 atom stereocenters. The van der Waals surface area contributed by atoms with Crippen LogP contribution in [0.2, 0.25) is 0 Å². The van der Waals surface area contributed by atoms with Gasteiger partial charge in [0.25, 0.3) is 0 Å². The van der Waals surface area contributed by atoms with Crippen LogP contribution in [0.25, 0.3) is 0 Å². The van der Waals surface area contributed by atoms with E-state index < -0.39 is 0 Å². The van der Waals surface area contributed by atoms with Gasteiger partial charge >= 0.3 is 0 Å². The quantitative estimate of drug-likeness (QED) is 0.679. The van der Waals surface area contributed by atoms with E-state index in [1.807, 2.05) is 23.5 Å². The monoisotopic (exact) mass is 293 g/mol. The Morgan fingerprint density at radius 2 is 2.16 bits per heavy atom. The average molecular weight is 294 g/mol. The summed E-state index contributed by atoms with van der Waals surface area (Å²) in [6, 6.07) is 0.572. The molecule has 3 heterocycles. The van der Waals surface area contributed by atoms with Crippen molar-refractivity contribution < 1.29 is 0 Å². The summed E-state index contributed by atoms with van der Waals surface area (Å²) >= 11 is 3.99. The zero-order valence-electron chi connectivity index (χ0n) is 11.8. The van der Waals surface area contributed by atoms with Gasteiger partial charge in [-0.2, -0.15) is 0 Å². The zero-order valence-corrected chi connectivity index (χ0v) is 13.5. The predicted molar refractivity (Wildman–Crippen MR) is 88.1 cm³/mol. The molecule has 0 aromatic heterocycles. The Hall–Kier alpha value is -0.280. The number of hydrogen-bond acceptors (Lipinski definition) is 3. The Morgan fingerprint density at radius 1 is 1.32 bits per heavy atom. The molecule has 0 saturated carbocycles. The van der Waals surface area contributed by atoms with Gasteiger partial charge in [0.15, 0.2) is 0 Å². The van der Waals surface area contributed by atoms with Crippen molar-refractivity contribution >= 4 is 23.5 Å². The highest BCUT2D eigenvalue weighted by Gasteiger charge is 2.52. The van der Waals surface area contributed by atoms with Gasteiger partial charge in [-0.15, -0.1) is 23.5 Å². The number of allylic oxidation sites excluding steroid dienone is 1. The van der Waals surface area contributed by atoms with Crippen LogP contribution < -0.4 is 0 Å². The van der Waals surface area contributed by atoms with E-state index in [9.17, 15) is 0 Å². The second-order valence-corrected chi connectivity index (χ2v) is 8.24. The molecule has 19 heavy (non-hydrogen) atoms. The molecule has 0 saturated heterocycles. The topological polar surface area (TPSA) is 3.24 Å². The van der Waals surface area contributed by atoms with Gasteiger partial charge in [0, 0.05) is 12.7 Å². The van der Waals surface area contributed by atoms with Crippen LogP contribution in [-0.4, -0.2) is 21.6 Å². The molecule has 0 radical (unpaired) electrons. The van der Waals surface area contributed by atoms with Crippen LogP contribution in [0.1, 0.15) is 39.5 Å². The second kappa shape index (κ2) is 5.61. The fourth-order valence-electron chi connectivity index (χ4n) is 3.24. The van der Waals surface area contributed by atoms with Crippen LogP contribution in [0.4, 0.5) is 0 Å². The Labute approximate surface area is 125 Å². The van der Waals surface area contributed by atoms with Gasteiger partial charge < -0.3 is 4.90 Å². The van der Waals surface area contributed by atoms with Crippen LogP contribution >= 0.6 is 23.5 Å². The Bertz CT molecular complexity index is 422. The molecular formula is C16H23NS2. The van der Waals surface area contributed by atoms with E-state index >= 15 is 0 Å². The van der Waals surface area contributed by atoms with Gasteiger partial charge in [-0.1, -0.05) is 39.2 Å². The second-order valence-electron chi connectivity index (χ2n) is 5.68. The molecule has 0 amide bonds. The lowest BCUT2D eigenvalue weighted by Gasteiger charge is -2.33. The largest absolute Gasteiger partial charge is 0.368 e. The summed E-state index contributed by atoms with van der Waals surface area (Å²) in [5.74, 6) is 0.848. The molecule has 3 unspecified atom stereocenters. The van der Waals surface area contributed by atoms with Gasteiger partial charge in [-0.05, 0) is 34.8 Å². The SMILES string of the molecule is CCCCC(CC)CN1C=C2C=CSC23SC=CC13. The fraction of sp³-hybridized carbons (Fsp3) is 0.625. The zero-order chi connectivity index (χ0) is 13.3. The van der Waals surface area contributed by atoms with Gasteiger partial charge in [-0.3, -0.25) is 0 Å². The number of rotatable bonds is 6. The first kappa shape index (κ1) is 13.7. The molecule has 0 aromatic carbocycles. The number of nitrogens with zero attached hydrogens (tertiary/aromatic N) is 1. The molecule has 0 bridgehead atoms. The molecule has 3 rings (SSSR count). The lowest BCUT2D eigenvalue weighted by Crippen LogP contribution is -2.39. The Balaban J connectivity index is 1.70. The van der Waals surface area contributed by atoms with E-state index in [-0.39, 0.29) is 4.08 Å². The minimum atomic E-state index is 0.267. The van der Waals surface area contributed by atoms with Crippen LogP contribution in [0.5, 0.6) is 0 Å². The molecule has 104 valence electrons.